The fourth-order valence-electron chi connectivity index (χ4n) is 1.57. The van der Waals surface area contributed by atoms with Gasteiger partial charge in [-0.25, -0.2) is 4.98 Å². The molecule has 0 aliphatic heterocycles. The maximum Gasteiger partial charge on any atom is 0.120 e. The van der Waals surface area contributed by atoms with Crippen LogP contribution in [0.4, 0.5) is 0 Å². The number of benzene rings is 1. The van der Waals surface area contributed by atoms with Gasteiger partial charge in [0.2, 0.25) is 0 Å². The molecule has 0 aliphatic carbocycles. The number of ether oxygens (including phenoxy) is 1. The summed E-state index contributed by atoms with van der Waals surface area (Å²) in [7, 11) is 1.62. The number of rotatable bonds is 4. The minimum Gasteiger partial charge on any atom is -0.497 e. The van der Waals surface area contributed by atoms with Gasteiger partial charge in [-0.15, -0.1) is 0 Å². The van der Waals surface area contributed by atoms with Crippen molar-refractivity contribution in [1.29, 1.82) is 0 Å². The van der Waals surface area contributed by atoms with E-state index < -0.39 is 0 Å². The van der Waals surface area contributed by atoms with E-state index in [0.717, 1.165) is 35.0 Å². The molecule has 2 aromatic rings. The number of aromatic amines is 1. The summed E-state index contributed by atoms with van der Waals surface area (Å²) in [5.41, 5.74) is 1.83. The molecule has 0 fully saturated rings. The number of halogens is 1. The predicted molar refractivity (Wildman–Crippen MR) is 73.1 cm³/mol. The average Bonchev–Trinajstić information content (AvgIpc) is 2.78. The molecule has 0 bridgehead atoms. The molecular weight excluding hydrogens is 256 g/mol. The highest BCUT2D eigenvalue weighted by Crippen LogP contribution is 2.29. The SMILES string of the molecule is COc1ccc(-c2cnc(CCS)[nH]2)c(Cl)c1. The van der Waals surface area contributed by atoms with Gasteiger partial charge in [0.15, 0.2) is 0 Å². The first kappa shape index (κ1) is 12.3. The lowest BCUT2D eigenvalue weighted by Gasteiger charge is -2.04. The molecule has 1 aromatic carbocycles. The summed E-state index contributed by atoms with van der Waals surface area (Å²) in [5, 5.41) is 0.644. The summed E-state index contributed by atoms with van der Waals surface area (Å²) in [4.78, 5) is 7.50. The van der Waals surface area contributed by atoms with E-state index in [9.17, 15) is 0 Å². The van der Waals surface area contributed by atoms with E-state index in [0.29, 0.717) is 5.02 Å². The molecule has 0 saturated heterocycles. The van der Waals surface area contributed by atoms with Gasteiger partial charge in [-0.05, 0) is 24.0 Å². The number of hydrogen-bond donors (Lipinski definition) is 2. The molecule has 0 radical (unpaired) electrons. The van der Waals surface area contributed by atoms with Crippen molar-refractivity contribution in [3.8, 4) is 17.0 Å². The number of imidazole rings is 1. The molecule has 90 valence electrons. The third-order valence-electron chi connectivity index (χ3n) is 2.44. The molecule has 0 unspecified atom stereocenters. The summed E-state index contributed by atoms with van der Waals surface area (Å²) >= 11 is 10.4. The van der Waals surface area contributed by atoms with E-state index in [1.54, 1.807) is 19.4 Å². The first-order valence-corrected chi connectivity index (χ1v) is 6.24. The number of nitrogens with one attached hydrogen (secondary N) is 1. The second-order valence-electron chi connectivity index (χ2n) is 3.56. The molecule has 0 saturated carbocycles. The van der Waals surface area contributed by atoms with Crippen LogP contribution in [0, 0.1) is 0 Å². The largest absolute Gasteiger partial charge is 0.497 e. The molecule has 1 aromatic heterocycles. The third-order valence-corrected chi connectivity index (χ3v) is 2.98. The fraction of sp³-hybridized carbons (Fsp3) is 0.250. The number of aromatic nitrogens is 2. The highest BCUT2D eigenvalue weighted by atomic mass is 35.5. The van der Waals surface area contributed by atoms with Gasteiger partial charge in [0, 0.05) is 12.0 Å². The Morgan fingerprint density at radius 1 is 1.47 bits per heavy atom. The van der Waals surface area contributed by atoms with Gasteiger partial charge in [-0.3, -0.25) is 0 Å². The zero-order valence-corrected chi connectivity index (χ0v) is 11.1. The third kappa shape index (κ3) is 2.76. The van der Waals surface area contributed by atoms with Crippen LogP contribution < -0.4 is 4.74 Å². The van der Waals surface area contributed by atoms with E-state index in [1.165, 1.54) is 0 Å². The molecule has 1 heterocycles. The average molecular weight is 269 g/mol. The molecule has 17 heavy (non-hydrogen) atoms. The van der Waals surface area contributed by atoms with Crippen molar-refractivity contribution in [2.75, 3.05) is 12.9 Å². The first-order chi connectivity index (χ1) is 8.24. The van der Waals surface area contributed by atoms with Crippen molar-refractivity contribution in [2.45, 2.75) is 6.42 Å². The van der Waals surface area contributed by atoms with Crippen LogP contribution in [0.1, 0.15) is 5.82 Å². The lowest BCUT2D eigenvalue weighted by molar-refractivity contribution is 0.415. The minimum atomic E-state index is 0.644. The number of hydrogen-bond acceptors (Lipinski definition) is 3. The number of H-pyrrole nitrogens is 1. The van der Waals surface area contributed by atoms with Crippen LogP contribution in [-0.2, 0) is 6.42 Å². The number of thiol groups is 1. The second kappa shape index (κ2) is 5.47. The van der Waals surface area contributed by atoms with Gasteiger partial charge < -0.3 is 9.72 Å². The topological polar surface area (TPSA) is 37.9 Å². The van der Waals surface area contributed by atoms with Gasteiger partial charge in [0.05, 0.1) is 24.0 Å². The summed E-state index contributed by atoms with van der Waals surface area (Å²) in [6.45, 7) is 0. The van der Waals surface area contributed by atoms with Crippen molar-refractivity contribution >= 4 is 24.2 Å². The van der Waals surface area contributed by atoms with Crippen LogP contribution >= 0.6 is 24.2 Å². The van der Waals surface area contributed by atoms with Gasteiger partial charge >= 0.3 is 0 Å². The Morgan fingerprint density at radius 3 is 2.94 bits per heavy atom. The van der Waals surface area contributed by atoms with Crippen LogP contribution in [0.15, 0.2) is 24.4 Å². The Bertz CT molecular complexity index is 513. The van der Waals surface area contributed by atoms with E-state index >= 15 is 0 Å². The van der Waals surface area contributed by atoms with E-state index in [2.05, 4.69) is 22.6 Å². The summed E-state index contributed by atoms with van der Waals surface area (Å²) in [5.74, 6) is 2.43. The number of aryl methyl sites for hydroxylation is 1. The maximum atomic E-state index is 6.19. The molecule has 0 atom stereocenters. The Labute approximate surface area is 111 Å². The Kier molecular flexibility index (Phi) is 3.97. The maximum absolute atomic E-state index is 6.19. The van der Waals surface area contributed by atoms with Crippen LogP contribution in [0.5, 0.6) is 5.75 Å². The van der Waals surface area contributed by atoms with Crippen molar-refractivity contribution in [3.63, 3.8) is 0 Å². The monoisotopic (exact) mass is 268 g/mol. The lowest BCUT2D eigenvalue weighted by Crippen LogP contribution is -1.89. The molecule has 0 amide bonds. The Morgan fingerprint density at radius 2 is 2.29 bits per heavy atom. The van der Waals surface area contributed by atoms with Crippen molar-refractivity contribution < 1.29 is 4.74 Å². The normalized spacial score (nSPS) is 10.5. The zero-order valence-electron chi connectivity index (χ0n) is 9.40. The Hall–Kier alpha value is -1.13. The van der Waals surface area contributed by atoms with E-state index in [4.69, 9.17) is 16.3 Å². The Balaban J connectivity index is 2.32. The standard InChI is InChI=1S/C12H13ClN2OS/c1-16-8-2-3-9(10(13)6-8)11-7-14-12(15-11)4-5-17/h2-3,6-7,17H,4-5H2,1H3,(H,14,15). The number of nitrogens with zero attached hydrogens (tertiary/aromatic N) is 1. The first-order valence-electron chi connectivity index (χ1n) is 5.23. The fourth-order valence-corrected chi connectivity index (χ4v) is 2.06. The van der Waals surface area contributed by atoms with Crippen LogP contribution in [0.2, 0.25) is 5.02 Å². The molecule has 2 rings (SSSR count). The molecule has 5 heteroatoms. The van der Waals surface area contributed by atoms with Crippen molar-refractivity contribution in [3.05, 3.63) is 35.2 Å². The van der Waals surface area contributed by atoms with Crippen molar-refractivity contribution in [2.24, 2.45) is 0 Å². The lowest BCUT2D eigenvalue weighted by atomic mass is 10.1. The van der Waals surface area contributed by atoms with E-state index in [-0.39, 0.29) is 0 Å². The highest BCUT2D eigenvalue weighted by molar-refractivity contribution is 7.80. The quantitative estimate of drug-likeness (QED) is 0.836. The highest BCUT2D eigenvalue weighted by Gasteiger charge is 2.08. The van der Waals surface area contributed by atoms with Crippen LogP contribution in [0.25, 0.3) is 11.3 Å². The number of methoxy groups -OCH3 is 1. The van der Waals surface area contributed by atoms with E-state index in [1.807, 2.05) is 12.1 Å². The van der Waals surface area contributed by atoms with Gasteiger partial charge in [0.25, 0.3) is 0 Å². The minimum absolute atomic E-state index is 0.644. The van der Waals surface area contributed by atoms with Crippen molar-refractivity contribution in [1.82, 2.24) is 9.97 Å². The second-order valence-corrected chi connectivity index (χ2v) is 4.42. The molecule has 0 spiro atoms. The van der Waals surface area contributed by atoms with Gasteiger partial charge in [-0.2, -0.15) is 12.6 Å². The van der Waals surface area contributed by atoms with Crippen LogP contribution in [-0.4, -0.2) is 22.8 Å². The predicted octanol–water partition coefficient (Wildman–Crippen LogP) is 3.21. The molecule has 0 aliphatic rings. The molecule has 1 N–H and O–H groups in total. The van der Waals surface area contributed by atoms with Gasteiger partial charge in [0.1, 0.15) is 11.6 Å². The summed E-state index contributed by atoms with van der Waals surface area (Å²) in [6.07, 6.45) is 2.60. The van der Waals surface area contributed by atoms with Crippen LogP contribution in [0.3, 0.4) is 0 Å². The molecule has 3 nitrogen and oxygen atoms in total. The zero-order chi connectivity index (χ0) is 12.3. The summed E-state index contributed by atoms with van der Waals surface area (Å²) < 4.78 is 5.11. The summed E-state index contributed by atoms with van der Waals surface area (Å²) in [6, 6.07) is 5.58. The molecular formula is C12H13ClN2OS. The smallest absolute Gasteiger partial charge is 0.120 e. The van der Waals surface area contributed by atoms with Gasteiger partial charge in [-0.1, -0.05) is 11.6 Å².